The van der Waals surface area contributed by atoms with Crippen molar-refractivity contribution >= 4 is 19.4 Å². The molecule has 0 spiro atoms. The Kier molecular flexibility index (Phi) is 2.07. The SMILES string of the molecule is C[Se]c1ccncc1. The van der Waals surface area contributed by atoms with E-state index in [2.05, 4.69) is 22.9 Å². The molecule has 1 aromatic rings. The zero-order chi connectivity index (χ0) is 5.82. The first-order chi connectivity index (χ1) is 3.93. The van der Waals surface area contributed by atoms with E-state index in [0.717, 1.165) is 0 Å². The van der Waals surface area contributed by atoms with Crippen LogP contribution in [-0.4, -0.2) is 19.9 Å². The molecule has 0 radical (unpaired) electrons. The van der Waals surface area contributed by atoms with Crippen molar-refractivity contribution in [3.05, 3.63) is 24.5 Å². The van der Waals surface area contributed by atoms with Crippen molar-refractivity contribution in [1.29, 1.82) is 0 Å². The molecule has 1 heterocycles. The standard InChI is InChI=1S/C6H7NSe/c1-8-6-2-4-7-5-3-6/h2-5H,1H3. The number of nitrogens with zero attached hydrogens (tertiary/aromatic N) is 1. The van der Waals surface area contributed by atoms with Crippen LogP contribution in [0.3, 0.4) is 0 Å². The van der Waals surface area contributed by atoms with Gasteiger partial charge >= 0.3 is 54.8 Å². The van der Waals surface area contributed by atoms with Gasteiger partial charge in [-0.3, -0.25) is 0 Å². The first kappa shape index (κ1) is 5.80. The second-order valence-electron chi connectivity index (χ2n) is 1.39. The minimum absolute atomic E-state index is 0.628. The van der Waals surface area contributed by atoms with Crippen LogP contribution in [0.25, 0.3) is 0 Å². The molecule has 0 amide bonds. The number of pyridine rings is 1. The van der Waals surface area contributed by atoms with Crippen LogP contribution in [0.15, 0.2) is 24.5 Å². The van der Waals surface area contributed by atoms with E-state index in [1.807, 2.05) is 12.4 Å². The molecule has 0 aliphatic carbocycles. The van der Waals surface area contributed by atoms with Gasteiger partial charge in [-0.25, -0.2) is 0 Å². The Morgan fingerprint density at radius 2 is 2.00 bits per heavy atom. The van der Waals surface area contributed by atoms with E-state index in [1.165, 1.54) is 4.46 Å². The second-order valence-corrected chi connectivity index (χ2v) is 3.23. The van der Waals surface area contributed by atoms with Crippen molar-refractivity contribution in [3.63, 3.8) is 0 Å². The molecule has 0 unspecified atom stereocenters. The van der Waals surface area contributed by atoms with Crippen molar-refractivity contribution < 1.29 is 0 Å². The van der Waals surface area contributed by atoms with E-state index in [4.69, 9.17) is 0 Å². The summed E-state index contributed by atoms with van der Waals surface area (Å²) in [6.07, 6.45) is 3.67. The van der Waals surface area contributed by atoms with Gasteiger partial charge in [-0.1, -0.05) is 0 Å². The van der Waals surface area contributed by atoms with Crippen LogP contribution < -0.4 is 4.46 Å². The number of hydrogen-bond donors (Lipinski definition) is 0. The zero-order valence-electron chi connectivity index (χ0n) is 4.66. The van der Waals surface area contributed by atoms with E-state index in [1.54, 1.807) is 0 Å². The summed E-state index contributed by atoms with van der Waals surface area (Å²) in [7, 11) is 0. The fraction of sp³-hybridized carbons (Fsp3) is 0.167. The molecule has 0 bridgehead atoms. The Morgan fingerprint density at radius 3 is 2.38 bits per heavy atom. The van der Waals surface area contributed by atoms with E-state index in [0.29, 0.717) is 15.0 Å². The summed E-state index contributed by atoms with van der Waals surface area (Å²) < 4.78 is 1.41. The van der Waals surface area contributed by atoms with Gasteiger partial charge in [-0.15, -0.1) is 0 Å². The summed E-state index contributed by atoms with van der Waals surface area (Å²) in [5.41, 5.74) is 0. The molecule has 0 saturated carbocycles. The molecular weight excluding hydrogens is 165 g/mol. The average Bonchev–Trinajstić information content (AvgIpc) is 1.90. The molecule has 1 aromatic heterocycles. The molecule has 0 aliphatic heterocycles. The average molecular weight is 172 g/mol. The Balaban J connectivity index is 2.83. The van der Waals surface area contributed by atoms with Gasteiger partial charge < -0.3 is 0 Å². The Labute approximate surface area is 55.3 Å². The molecule has 8 heavy (non-hydrogen) atoms. The zero-order valence-corrected chi connectivity index (χ0v) is 6.38. The Bertz CT molecular complexity index is 150. The first-order valence-corrected chi connectivity index (χ1v) is 4.94. The van der Waals surface area contributed by atoms with Crippen LogP contribution in [0.5, 0.6) is 0 Å². The molecule has 42 valence electrons. The van der Waals surface area contributed by atoms with E-state index >= 15 is 0 Å². The maximum atomic E-state index is 3.90. The molecule has 2 heteroatoms. The molecule has 1 rings (SSSR count). The summed E-state index contributed by atoms with van der Waals surface area (Å²) in [6, 6.07) is 4.11. The summed E-state index contributed by atoms with van der Waals surface area (Å²) in [5.74, 6) is 2.20. The van der Waals surface area contributed by atoms with Crippen LogP contribution in [0.1, 0.15) is 0 Å². The maximum absolute atomic E-state index is 3.90. The predicted molar refractivity (Wildman–Crippen MR) is 35.5 cm³/mol. The quantitative estimate of drug-likeness (QED) is 0.561. The Morgan fingerprint density at radius 1 is 1.38 bits per heavy atom. The van der Waals surface area contributed by atoms with Crippen LogP contribution in [-0.2, 0) is 0 Å². The third-order valence-corrected chi connectivity index (χ3v) is 2.45. The fourth-order valence-corrected chi connectivity index (χ4v) is 1.30. The summed E-state index contributed by atoms with van der Waals surface area (Å²) in [6.45, 7) is 0. The monoisotopic (exact) mass is 173 g/mol. The van der Waals surface area contributed by atoms with Crippen molar-refractivity contribution in [3.8, 4) is 0 Å². The van der Waals surface area contributed by atoms with Crippen LogP contribution in [0.2, 0.25) is 5.82 Å². The van der Waals surface area contributed by atoms with E-state index in [-0.39, 0.29) is 0 Å². The van der Waals surface area contributed by atoms with Gasteiger partial charge in [0.1, 0.15) is 0 Å². The number of rotatable bonds is 1. The Hall–Kier alpha value is -0.331. The summed E-state index contributed by atoms with van der Waals surface area (Å²) in [5, 5.41) is 0. The molecule has 0 fully saturated rings. The summed E-state index contributed by atoms with van der Waals surface area (Å²) in [4.78, 5) is 3.90. The van der Waals surface area contributed by atoms with Gasteiger partial charge in [-0.05, 0) is 0 Å². The van der Waals surface area contributed by atoms with Gasteiger partial charge in [0.05, 0.1) is 0 Å². The molecule has 0 atom stereocenters. The van der Waals surface area contributed by atoms with Crippen molar-refractivity contribution in [2.75, 3.05) is 0 Å². The van der Waals surface area contributed by atoms with Crippen molar-refractivity contribution in [1.82, 2.24) is 4.98 Å². The van der Waals surface area contributed by atoms with Gasteiger partial charge in [0, 0.05) is 0 Å². The third-order valence-electron chi connectivity index (χ3n) is 0.885. The second kappa shape index (κ2) is 2.85. The number of aromatic nitrogens is 1. The fourth-order valence-electron chi connectivity index (χ4n) is 0.474. The van der Waals surface area contributed by atoms with E-state index < -0.39 is 0 Å². The topological polar surface area (TPSA) is 12.9 Å². The van der Waals surface area contributed by atoms with Crippen LogP contribution in [0.4, 0.5) is 0 Å². The van der Waals surface area contributed by atoms with Crippen molar-refractivity contribution in [2.24, 2.45) is 0 Å². The molecule has 0 aliphatic rings. The molecule has 1 nitrogen and oxygen atoms in total. The minimum atomic E-state index is 0.628. The molecule has 0 N–H and O–H groups in total. The molecule has 0 saturated heterocycles. The van der Waals surface area contributed by atoms with E-state index in [9.17, 15) is 0 Å². The van der Waals surface area contributed by atoms with Crippen LogP contribution in [0, 0.1) is 0 Å². The van der Waals surface area contributed by atoms with Gasteiger partial charge in [0.25, 0.3) is 0 Å². The normalized spacial score (nSPS) is 9.12. The molecular formula is C6H7NSe. The molecule has 0 aromatic carbocycles. The van der Waals surface area contributed by atoms with Gasteiger partial charge in [-0.2, -0.15) is 0 Å². The van der Waals surface area contributed by atoms with Crippen LogP contribution >= 0.6 is 0 Å². The van der Waals surface area contributed by atoms with Gasteiger partial charge in [0.15, 0.2) is 0 Å². The summed E-state index contributed by atoms with van der Waals surface area (Å²) >= 11 is 0.628. The first-order valence-electron chi connectivity index (χ1n) is 2.37. The third kappa shape index (κ3) is 1.32. The van der Waals surface area contributed by atoms with Crippen molar-refractivity contribution in [2.45, 2.75) is 5.82 Å². The number of hydrogen-bond acceptors (Lipinski definition) is 1. The van der Waals surface area contributed by atoms with Gasteiger partial charge in [0.2, 0.25) is 0 Å². The predicted octanol–water partition coefficient (Wildman–Crippen LogP) is 0.459.